The standard InChI is InChI=1S/C25H25N3O/c26-22-8-4-5-9-23(22)28-25(29)15-14-18-10-12-19(13-11-18)17-27-24-16-21(24)20-6-2-1-3-7-20/h1-15,21,24,27H,16-17,26H2,(H,28,29)/b15-14+. The smallest absolute Gasteiger partial charge is 0.248 e. The molecular formula is C25H25N3O. The number of carbonyl (C=O) groups is 1. The fourth-order valence-corrected chi connectivity index (χ4v) is 3.44. The molecule has 4 heteroatoms. The maximum absolute atomic E-state index is 12.1. The summed E-state index contributed by atoms with van der Waals surface area (Å²) in [5, 5.41) is 6.42. The largest absolute Gasteiger partial charge is 0.397 e. The average molecular weight is 383 g/mol. The maximum Gasteiger partial charge on any atom is 0.248 e. The summed E-state index contributed by atoms with van der Waals surface area (Å²) < 4.78 is 0. The van der Waals surface area contributed by atoms with Crippen LogP contribution < -0.4 is 16.4 Å². The van der Waals surface area contributed by atoms with Crippen molar-refractivity contribution in [2.45, 2.75) is 24.9 Å². The van der Waals surface area contributed by atoms with Gasteiger partial charge in [-0.15, -0.1) is 0 Å². The molecule has 1 aliphatic rings. The molecule has 0 aliphatic heterocycles. The van der Waals surface area contributed by atoms with Crippen LogP contribution in [0, 0.1) is 0 Å². The van der Waals surface area contributed by atoms with E-state index in [9.17, 15) is 4.79 Å². The summed E-state index contributed by atoms with van der Waals surface area (Å²) >= 11 is 0. The van der Waals surface area contributed by atoms with Crippen LogP contribution in [0.3, 0.4) is 0 Å². The maximum atomic E-state index is 12.1. The van der Waals surface area contributed by atoms with Crippen molar-refractivity contribution in [3.8, 4) is 0 Å². The van der Waals surface area contributed by atoms with E-state index in [-0.39, 0.29) is 5.91 Å². The molecule has 29 heavy (non-hydrogen) atoms. The van der Waals surface area contributed by atoms with E-state index in [0.29, 0.717) is 23.3 Å². The van der Waals surface area contributed by atoms with E-state index in [1.807, 2.05) is 24.3 Å². The lowest BCUT2D eigenvalue weighted by Gasteiger charge is -2.06. The molecule has 2 atom stereocenters. The molecule has 4 nitrogen and oxygen atoms in total. The molecule has 1 saturated carbocycles. The molecule has 3 aromatic carbocycles. The highest BCUT2D eigenvalue weighted by Crippen LogP contribution is 2.40. The lowest BCUT2D eigenvalue weighted by molar-refractivity contribution is -0.111. The molecule has 0 radical (unpaired) electrons. The van der Waals surface area contributed by atoms with Crippen LogP contribution in [0.5, 0.6) is 0 Å². The number of para-hydroxylation sites is 2. The van der Waals surface area contributed by atoms with Crippen LogP contribution >= 0.6 is 0 Å². The molecule has 146 valence electrons. The van der Waals surface area contributed by atoms with Crippen molar-refractivity contribution in [1.29, 1.82) is 0 Å². The van der Waals surface area contributed by atoms with Gasteiger partial charge in [0.15, 0.2) is 0 Å². The molecule has 4 rings (SSSR count). The van der Waals surface area contributed by atoms with Crippen LogP contribution in [0.15, 0.2) is 84.9 Å². The number of nitrogen functional groups attached to an aromatic ring is 1. The van der Waals surface area contributed by atoms with E-state index in [2.05, 4.69) is 53.1 Å². The Balaban J connectivity index is 1.25. The number of nitrogens with one attached hydrogen (secondary N) is 2. The second-order valence-electron chi connectivity index (χ2n) is 7.39. The lowest BCUT2D eigenvalue weighted by atomic mass is 10.1. The van der Waals surface area contributed by atoms with E-state index in [1.165, 1.54) is 23.6 Å². The molecule has 2 unspecified atom stereocenters. The first-order chi connectivity index (χ1) is 14.2. The Bertz CT molecular complexity index is 996. The summed E-state index contributed by atoms with van der Waals surface area (Å²) in [7, 11) is 0. The van der Waals surface area contributed by atoms with Gasteiger partial charge in [-0.25, -0.2) is 0 Å². The molecule has 0 heterocycles. The van der Waals surface area contributed by atoms with Crippen LogP contribution in [0.4, 0.5) is 11.4 Å². The zero-order valence-electron chi connectivity index (χ0n) is 16.2. The highest BCUT2D eigenvalue weighted by Gasteiger charge is 2.37. The molecule has 4 N–H and O–H groups in total. The van der Waals surface area contributed by atoms with E-state index in [4.69, 9.17) is 5.73 Å². The summed E-state index contributed by atoms with van der Waals surface area (Å²) in [6, 6.07) is 26.7. The normalized spacial score (nSPS) is 17.9. The number of rotatable bonds is 7. The van der Waals surface area contributed by atoms with Crippen molar-refractivity contribution in [2.24, 2.45) is 0 Å². The van der Waals surface area contributed by atoms with Crippen LogP contribution in [-0.2, 0) is 11.3 Å². The minimum Gasteiger partial charge on any atom is -0.397 e. The van der Waals surface area contributed by atoms with Crippen molar-refractivity contribution in [1.82, 2.24) is 5.32 Å². The zero-order valence-corrected chi connectivity index (χ0v) is 16.2. The Hall–Kier alpha value is -3.37. The van der Waals surface area contributed by atoms with E-state index < -0.39 is 0 Å². The number of hydrogen-bond donors (Lipinski definition) is 3. The van der Waals surface area contributed by atoms with Gasteiger partial charge in [-0.1, -0.05) is 66.7 Å². The highest BCUT2D eigenvalue weighted by molar-refractivity contribution is 6.03. The van der Waals surface area contributed by atoms with Gasteiger partial charge in [0, 0.05) is 24.6 Å². The Morgan fingerprint density at radius 1 is 0.966 bits per heavy atom. The molecule has 1 amide bonds. The lowest BCUT2D eigenvalue weighted by Crippen LogP contribution is -2.17. The molecule has 1 aliphatic carbocycles. The second kappa shape index (κ2) is 8.76. The van der Waals surface area contributed by atoms with Gasteiger partial charge in [-0.2, -0.15) is 0 Å². The first kappa shape index (κ1) is 19.0. The van der Waals surface area contributed by atoms with Gasteiger partial charge in [0.25, 0.3) is 0 Å². The topological polar surface area (TPSA) is 67.1 Å². The van der Waals surface area contributed by atoms with Crippen LogP contribution in [-0.4, -0.2) is 11.9 Å². The monoisotopic (exact) mass is 383 g/mol. The third-order valence-electron chi connectivity index (χ3n) is 5.21. The highest BCUT2D eigenvalue weighted by atomic mass is 16.1. The quantitative estimate of drug-likeness (QED) is 0.414. The van der Waals surface area contributed by atoms with Crippen LogP contribution in [0.25, 0.3) is 6.08 Å². The van der Waals surface area contributed by atoms with Gasteiger partial charge in [0.05, 0.1) is 11.4 Å². The SMILES string of the molecule is Nc1ccccc1NC(=O)/C=C/c1ccc(CNC2CC2c2ccccc2)cc1. The Morgan fingerprint density at radius 2 is 1.69 bits per heavy atom. The van der Waals surface area contributed by atoms with E-state index in [0.717, 1.165) is 12.1 Å². The molecule has 1 fully saturated rings. The number of anilines is 2. The van der Waals surface area contributed by atoms with Gasteiger partial charge < -0.3 is 16.4 Å². The fraction of sp³-hybridized carbons (Fsp3) is 0.160. The van der Waals surface area contributed by atoms with Gasteiger partial charge >= 0.3 is 0 Å². The van der Waals surface area contributed by atoms with Crippen molar-refractivity contribution in [3.05, 3.63) is 102 Å². The predicted octanol–water partition coefficient (Wildman–Crippen LogP) is 4.57. The predicted molar refractivity (Wildman–Crippen MR) is 119 cm³/mol. The number of nitrogens with two attached hydrogens (primary N) is 1. The van der Waals surface area contributed by atoms with Gasteiger partial charge in [0.2, 0.25) is 5.91 Å². The molecule has 3 aromatic rings. The van der Waals surface area contributed by atoms with Crippen molar-refractivity contribution in [3.63, 3.8) is 0 Å². The van der Waals surface area contributed by atoms with E-state index >= 15 is 0 Å². The van der Waals surface area contributed by atoms with E-state index in [1.54, 1.807) is 18.2 Å². The Labute approximate surface area is 171 Å². The number of amides is 1. The average Bonchev–Trinajstić information content (AvgIpc) is 3.54. The third-order valence-corrected chi connectivity index (χ3v) is 5.21. The number of carbonyl (C=O) groups excluding carboxylic acids is 1. The van der Waals surface area contributed by atoms with Crippen molar-refractivity contribution < 1.29 is 4.79 Å². The molecule has 0 spiro atoms. The summed E-state index contributed by atoms with van der Waals surface area (Å²) in [5.41, 5.74) is 10.7. The minimum absolute atomic E-state index is 0.200. The van der Waals surface area contributed by atoms with Crippen LogP contribution in [0.1, 0.15) is 29.0 Å². The first-order valence-corrected chi connectivity index (χ1v) is 9.90. The van der Waals surface area contributed by atoms with Crippen molar-refractivity contribution in [2.75, 3.05) is 11.1 Å². The molecule has 0 aromatic heterocycles. The Morgan fingerprint density at radius 3 is 2.45 bits per heavy atom. The van der Waals surface area contributed by atoms with Crippen molar-refractivity contribution >= 4 is 23.4 Å². The third kappa shape index (κ3) is 5.12. The summed E-state index contributed by atoms with van der Waals surface area (Å²) in [4.78, 5) is 12.1. The molecule has 0 bridgehead atoms. The van der Waals surface area contributed by atoms with Gasteiger partial charge in [-0.05, 0) is 41.3 Å². The minimum atomic E-state index is -0.200. The fourth-order valence-electron chi connectivity index (χ4n) is 3.44. The summed E-state index contributed by atoms with van der Waals surface area (Å²) in [6.07, 6.45) is 4.53. The van der Waals surface area contributed by atoms with Gasteiger partial charge in [0.1, 0.15) is 0 Å². The summed E-state index contributed by atoms with van der Waals surface area (Å²) in [5.74, 6) is 0.435. The number of benzene rings is 3. The zero-order chi connectivity index (χ0) is 20.1. The molecular weight excluding hydrogens is 358 g/mol. The second-order valence-corrected chi connectivity index (χ2v) is 7.39. The number of hydrogen-bond acceptors (Lipinski definition) is 3. The van der Waals surface area contributed by atoms with Gasteiger partial charge in [-0.3, -0.25) is 4.79 Å². The molecule has 0 saturated heterocycles. The first-order valence-electron chi connectivity index (χ1n) is 9.90. The van der Waals surface area contributed by atoms with Crippen LogP contribution in [0.2, 0.25) is 0 Å². The Kier molecular flexibility index (Phi) is 5.73. The summed E-state index contributed by atoms with van der Waals surface area (Å²) in [6.45, 7) is 0.853.